The molecule has 0 saturated heterocycles. The summed E-state index contributed by atoms with van der Waals surface area (Å²) in [5.41, 5.74) is 0. The third-order valence-electron chi connectivity index (χ3n) is 0.952. The molecule has 0 saturated carbocycles. The van der Waals surface area contributed by atoms with E-state index in [1.54, 1.807) is 6.92 Å². The van der Waals surface area contributed by atoms with Crippen LogP contribution in [0.3, 0.4) is 0 Å². The molecule has 0 unspecified atom stereocenters. The number of aromatic nitrogens is 2. The van der Waals surface area contributed by atoms with E-state index in [0.29, 0.717) is 11.8 Å². The zero-order valence-corrected chi connectivity index (χ0v) is 7.23. The molecule has 0 aromatic carbocycles. The Bertz CT molecular complexity index is 284. The minimum absolute atomic E-state index is 0.394. The van der Waals surface area contributed by atoms with Crippen molar-refractivity contribution in [3.63, 3.8) is 0 Å². The Morgan fingerprint density at radius 1 is 1.55 bits per heavy atom. The van der Waals surface area contributed by atoms with Crippen LogP contribution in [-0.2, 0) is 0 Å². The summed E-state index contributed by atoms with van der Waals surface area (Å²) in [6, 6.07) is 0. The van der Waals surface area contributed by atoms with Crippen LogP contribution < -0.4 is 4.74 Å². The molecule has 0 bridgehead atoms. The maximum absolute atomic E-state index is 5.14. The highest BCUT2D eigenvalue weighted by Gasteiger charge is 1.97. The van der Waals surface area contributed by atoms with Crippen molar-refractivity contribution >= 4 is 11.3 Å². The van der Waals surface area contributed by atoms with Crippen LogP contribution in [0.1, 0.15) is 11.9 Å². The quantitative estimate of drug-likeness (QED) is 0.623. The van der Waals surface area contributed by atoms with E-state index in [0.717, 1.165) is 5.01 Å². The third kappa shape index (κ3) is 2.56. The van der Waals surface area contributed by atoms with Gasteiger partial charge in [-0.15, -0.1) is 16.1 Å². The molecule has 0 aliphatic rings. The molecular weight excluding hydrogens is 160 g/mol. The van der Waals surface area contributed by atoms with Gasteiger partial charge < -0.3 is 4.74 Å². The van der Waals surface area contributed by atoms with Crippen molar-refractivity contribution in [2.75, 3.05) is 6.61 Å². The standard InChI is InChI=1S/C7H8N2OS/c1-3-4-5-10-7-9-8-6(2)11-7/h5H2,1-2H3. The molecule has 1 heterocycles. The highest BCUT2D eigenvalue weighted by atomic mass is 32.1. The van der Waals surface area contributed by atoms with E-state index < -0.39 is 0 Å². The molecule has 0 N–H and O–H groups in total. The van der Waals surface area contributed by atoms with Gasteiger partial charge in [0.15, 0.2) is 6.61 Å². The lowest BCUT2D eigenvalue weighted by Crippen LogP contribution is -1.92. The van der Waals surface area contributed by atoms with Gasteiger partial charge in [-0.25, -0.2) is 0 Å². The molecule has 1 aromatic rings. The van der Waals surface area contributed by atoms with Crippen molar-refractivity contribution < 1.29 is 4.74 Å². The molecule has 0 spiro atoms. The Balaban J connectivity index is 2.43. The van der Waals surface area contributed by atoms with Gasteiger partial charge in [-0.1, -0.05) is 17.3 Å². The largest absolute Gasteiger partial charge is 0.456 e. The Morgan fingerprint density at radius 2 is 2.36 bits per heavy atom. The lowest BCUT2D eigenvalue weighted by molar-refractivity contribution is 0.364. The Morgan fingerprint density at radius 3 is 2.91 bits per heavy atom. The maximum Gasteiger partial charge on any atom is 0.294 e. The second-order valence-electron chi connectivity index (χ2n) is 1.80. The van der Waals surface area contributed by atoms with Gasteiger partial charge >= 0.3 is 0 Å². The fraction of sp³-hybridized carbons (Fsp3) is 0.429. The molecule has 0 aliphatic heterocycles. The maximum atomic E-state index is 5.14. The minimum Gasteiger partial charge on any atom is -0.456 e. The molecule has 1 rings (SSSR count). The van der Waals surface area contributed by atoms with Crippen LogP contribution in [0, 0.1) is 18.8 Å². The van der Waals surface area contributed by atoms with E-state index in [1.807, 2.05) is 6.92 Å². The van der Waals surface area contributed by atoms with Gasteiger partial charge in [0.25, 0.3) is 5.19 Å². The van der Waals surface area contributed by atoms with Gasteiger partial charge in [-0.2, -0.15) is 0 Å². The van der Waals surface area contributed by atoms with Crippen molar-refractivity contribution in [2.45, 2.75) is 13.8 Å². The predicted octanol–water partition coefficient (Wildman–Crippen LogP) is 1.25. The molecule has 11 heavy (non-hydrogen) atoms. The van der Waals surface area contributed by atoms with Crippen LogP contribution in [0.5, 0.6) is 5.19 Å². The van der Waals surface area contributed by atoms with Crippen molar-refractivity contribution in [3.05, 3.63) is 5.01 Å². The van der Waals surface area contributed by atoms with E-state index in [4.69, 9.17) is 4.74 Å². The summed E-state index contributed by atoms with van der Waals surface area (Å²) in [7, 11) is 0. The highest BCUT2D eigenvalue weighted by molar-refractivity contribution is 7.12. The molecule has 0 aliphatic carbocycles. The first-order chi connectivity index (χ1) is 5.33. The number of nitrogens with zero attached hydrogens (tertiary/aromatic N) is 2. The molecule has 0 fully saturated rings. The van der Waals surface area contributed by atoms with Crippen molar-refractivity contribution in [1.82, 2.24) is 10.2 Å². The topological polar surface area (TPSA) is 35.0 Å². The smallest absolute Gasteiger partial charge is 0.294 e. The van der Waals surface area contributed by atoms with E-state index in [9.17, 15) is 0 Å². The predicted molar refractivity (Wildman–Crippen MR) is 43.6 cm³/mol. The van der Waals surface area contributed by atoms with Crippen LogP contribution in [-0.4, -0.2) is 16.8 Å². The normalized spacial score (nSPS) is 8.55. The number of hydrogen-bond donors (Lipinski definition) is 0. The lowest BCUT2D eigenvalue weighted by Gasteiger charge is -1.90. The molecule has 1 aromatic heterocycles. The van der Waals surface area contributed by atoms with Crippen molar-refractivity contribution in [1.29, 1.82) is 0 Å². The number of rotatable bonds is 2. The molecule has 3 nitrogen and oxygen atoms in total. The molecule has 58 valence electrons. The summed E-state index contributed by atoms with van der Waals surface area (Å²) >= 11 is 1.43. The first-order valence-corrected chi connectivity index (χ1v) is 3.97. The average molecular weight is 168 g/mol. The van der Waals surface area contributed by atoms with Crippen LogP contribution in [0.2, 0.25) is 0 Å². The summed E-state index contributed by atoms with van der Waals surface area (Å²) < 4.78 is 5.14. The van der Waals surface area contributed by atoms with Crippen LogP contribution in [0.25, 0.3) is 0 Å². The first-order valence-electron chi connectivity index (χ1n) is 3.15. The fourth-order valence-corrected chi connectivity index (χ4v) is 1.04. The molecule has 4 heteroatoms. The summed E-state index contributed by atoms with van der Waals surface area (Å²) in [6.07, 6.45) is 0. The van der Waals surface area contributed by atoms with E-state index in [2.05, 4.69) is 22.0 Å². The average Bonchev–Trinajstić information content (AvgIpc) is 2.37. The fourth-order valence-electron chi connectivity index (χ4n) is 0.507. The van der Waals surface area contributed by atoms with Gasteiger partial charge in [-0.3, -0.25) is 0 Å². The van der Waals surface area contributed by atoms with Crippen LogP contribution >= 0.6 is 11.3 Å². The third-order valence-corrected chi connectivity index (χ3v) is 1.70. The zero-order valence-electron chi connectivity index (χ0n) is 6.42. The molecule has 0 atom stereocenters. The summed E-state index contributed by atoms with van der Waals surface area (Å²) in [4.78, 5) is 0. The second kappa shape index (κ2) is 3.94. The van der Waals surface area contributed by atoms with Crippen molar-refractivity contribution in [2.24, 2.45) is 0 Å². The summed E-state index contributed by atoms with van der Waals surface area (Å²) in [6.45, 7) is 4.05. The highest BCUT2D eigenvalue weighted by Crippen LogP contribution is 2.15. The number of ether oxygens (including phenoxy) is 1. The summed E-state index contributed by atoms with van der Waals surface area (Å²) in [5, 5.41) is 9.05. The van der Waals surface area contributed by atoms with E-state index in [-0.39, 0.29) is 0 Å². The number of aryl methyl sites for hydroxylation is 1. The van der Waals surface area contributed by atoms with Crippen molar-refractivity contribution in [3.8, 4) is 17.0 Å². The van der Waals surface area contributed by atoms with E-state index >= 15 is 0 Å². The van der Waals surface area contributed by atoms with Crippen LogP contribution in [0.15, 0.2) is 0 Å². The molecule has 0 amide bonds. The minimum atomic E-state index is 0.394. The Hall–Kier alpha value is -1.08. The summed E-state index contributed by atoms with van der Waals surface area (Å²) in [5.74, 6) is 5.50. The zero-order chi connectivity index (χ0) is 8.10. The van der Waals surface area contributed by atoms with Gasteiger partial charge in [0.1, 0.15) is 5.01 Å². The first kappa shape index (κ1) is 8.02. The van der Waals surface area contributed by atoms with Gasteiger partial charge in [0.2, 0.25) is 0 Å². The van der Waals surface area contributed by atoms with E-state index in [1.165, 1.54) is 11.3 Å². The molecule has 0 radical (unpaired) electrons. The Labute approximate surface area is 69.4 Å². The second-order valence-corrected chi connectivity index (χ2v) is 2.95. The van der Waals surface area contributed by atoms with Gasteiger partial charge in [0, 0.05) is 0 Å². The lowest BCUT2D eigenvalue weighted by atomic mass is 10.6. The number of hydrogen-bond acceptors (Lipinski definition) is 4. The van der Waals surface area contributed by atoms with Gasteiger partial charge in [-0.05, 0) is 13.8 Å². The Kier molecular flexibility index (Phi) is 2.87. The molecular formula is C7H8N2OS. The van der Waals surface area contributed by atoms with Gasteiger partial charge in [0.05, 0.1) is 0 Å². The van der Waals surface area contributed by atoms with Crippen LogP contribution in [0.4, 0.5) is 0 Å². The SMILES string of the molecule is CC#CCOc1nnc(C)s1. The monoisotopic (exact) mass is 168 g/mol.